The number of aromatic nitrogens is 1. The van der Waals surface area contributed by atoms with Crippen molar-refractivity contribution in [3.63, 3.8) is 0 Å². The third-order valence-electron chi connectivity index (χ3n) is 5.90. The lowest BCUT2D eigenvalue weighted by molar-refractivity contribution is 0.0121. The first kappa shape index (κ1) is 17.2. The van der Waals surface area contributed by atoms with Gasteiger partial charge in [0.2, 0.25) is 0 Å². The fraction of sp³-hybridized carbons (Fsp3) is 0.571. The van der Waals surface area contributed by atoms with Crippen molar-refractivity contribution in [3.8, 4) is 5.75 Å². The van der Waals surface area contributed by atoms with Crippen LogP contribution in [0.4, 0.5) is 0 Å². The molecule has 3 unspecified atom stereocenters. The number of benzene rings is 1. The van der Waals surface area contributed by atoms with Crippen LogP contribution in [0.1, 0.15) is 45.4 Å². The molecule has 2 aromatic rings. The van der Waals surface area contributed by atoms with Gasteiger partial charge in [-0.15, -0.1) is 0 Å². The molecule has 0 N–H and O–H groups in total. The molecule has 4 rings (SSSR count). The van der Waals surface area contributed by atoms with E-state index in [-0.39, 0.29) is 0 Å². The molecule has 3 nitrogen and oxygen atoms in total. The van der Waals surface area contributed by atoms with Crippen LogP contribution >= 0.6 is 0 Å². The van der Waals surface area contributed by atoms with E-state index in [0.29, 0.717) is 23.4 Å². The van der Waals surface area contributed by atoms with Gasteiger partial charge < -0.3 is 9.47 Å². The maximum absolute atomic E-state index is 5.86. The molecule has 3 heteroatoms. The molecule has 4 atom stereocenters. The van der Waals surface area contributed by atoms with E-state index in [1.165, 1.54) is 5.56 Å². The SMILES string of the molecule is CC.COc1cc(C)nc2ccc(C34CCOC(C)C3[C@H]4C)cc12. The zero-order valence-electron chi connectivity index (χ0n) is 15.7. The maximum atomic E-state index is 5.86. The molecule has 1 aliphatic carbocycles. The van der Waals surface area contributed by atoms with Gasteiger partial charge in [-0.05, 0) is 49.8 Å². The maximum Gasteiger partial charge on any atom is 0.130 e. The fourth-order valence-corrected chi connectivity index (χ4v) is 4.78. The Bertz CT molecular complexity index is 742. The standard InChI is InChI=1S/C19H23NO2.C2H6/c1-11-9-17(21-4)15-10-14(5-6-16(15)20-11)19-7-8-22-13(3)18(19)12(19)2;1-2/h5-6,9-10,12-13,18H,7-8H2,1-4H3;1-2H3/t12-,13?,18?,19?;/m1./s1. The summed E-state index contributed by atoms with van der Waals surface area (Å²) in [7, 11) is 1.73. The lowest BCUT2D eigenvalue weighted by Gasteiger charge is -2.27. The largest absolute Gasteiger partial charge is 0.496 e. The Morgan fingerprint density at radius 3 is 2.67 bits per heavy atom. The molecule has 1 saturated carbocycles. The smallest absolute Gasteiger partial charge is 0.130 e. The third-order valence-corrected chi connectivity index (χ3v) is 5.90. The third kappa shape index (κ3) is 2.41. The van der Waals surface area contributed by atoms with Crippen molar-refractivity contribution in [1.82, 2.24) is 4.98 Å². The van der Waals surface area contributed by atoms with Crippen molar-refractivity contribution < 1.29 is 9.47 Å². The molecule has 1 aromatic carbocycles. The first-order valence-electron chi connectivity index (χ1n) is 9.15. The summed E-state index contributed by atoms with van der Waals surface area (Å²) in [5.74, 6) is 2.25. The van der Waals surface area contributed by atoms with E-state index in [2.05, 4.69) is 37.0 Å². The second kappa shape index (κ2) is 6.36. The predicted molar refractivity (Wildman–Crippen MR) is 98.7 cm³/mol. The zero-order chi connectivity index (χ0) is 17.5. The van der Waals surface area contributed by atoms with Crippen LogP contribution in [0, 0.1) is 18.8 Å². The van der Waals surface area contributed by atoms with E-state index in [1.807, 2.05) is 26.8 Å². The highest BCUT2D eigenvalue weighted by Crippen LogP contribution is 2.65. The lowest BCUT2D eigenvalue weighted by Crippen LogP contribution is -2.27. The summed E-state index contributed by atoms with van der Waals surface area (Å²) >= 11 is 0. The molecule has 1 aliphatic heterocycles. The topological polar surface area (TPSA) is 31.4 Å². The van der Waals surface area contributed by atoms with E-state index < -0.39 is 0 Å². The van der Waals surface area contributed by atoms with E-state index in [0.717, 1.165) is 35.4 Å². The monoisotopic (exact) mass is 327 g/mol. The summed E-state index contributed by atoms with van der Waals surface area (Å²) in [6, 6.07) is 8.74. The molecular formula is C21H29NO2. The average Bonchev–Trinajstić information content (AvgIpc) is 3.23. The van der Waals surface area contributed by atoms with Crippen molar-refractivity contribution in [2.24, 2.45) is 11.8 Å². The molecule has 24 heavy (non-hydrogen) atoms. The first-order valence-corrected chi connectivity index (χ1v) is 9.15. The van der Waals surface area contributed by atoms with E-state index in [9.17, 15) is 0 Å². The summed E-state index contributed by atoms with van der Waals surface area (Å²) in [5.41, 5.74) is 3.73. The second-order valence-corrected chi connectivity index (χ2v) is 6.88. The van der Waals surface area contributed by atoms with Gasteiger partial charge in [0.05, 0.1) is 18.7 Å². The van der Waals surface area contributed by atoms with Crippen LogP contribution in [0.3, 0.4) is 0 Å². The van der Waals surface area contributed by atoms with Gasteiger partial charge in [0.1, 0.15) is 5.75 Å². The van der Waals surface area contributed by atoms with Gasteiger partial charge in [0.15, 0.2) is 0 Å². The van der Waals surface area contributed by atoms with Gasteiger partial charge in [0.25, 0.3) is 0 Å². The normalized spacial score (nSPS) is 31.0. The van der Waals surface area contributed by atoms with Crippen molar-refractivity contribution in [2.45, 2.75) is 52.6 Å². The average molecular weight is 327 g/mol. The van der Waals surface area contributed by atoms with Crippen molar-refractivity contribution in [3.05, 3.63) is 35.5 Å². The van der Waals surface area contributed by atoms with Crippen LogP contribution in [0.2, 0.25) is 0 Å². The van der Waals surface area contributed by atoms with Gasteiger partial charge in [-0.25, -0.2) is 0 Å². The Morgan fingerprint density at radius 2 is 1.96 bits per heavy atom. The molecule has 2 heterocycles. The molecule has 2 fully saturated rings. The number of fused-ring (bicyclic) bond motifs is 2. The van der Waals surface area contributed by atoms with Crippen molar-refractivity contribution in [2.75, 3.05) is 13.7 Å². The Balaban J connectivity index is 0.000000815. The molecule has 0 bridgehead atoms. The second-order valence-electron chi connectivity index (χ2n) is 6.88. The van der Waals surface area contributed by atoms with Gasteiger partial charge in [-0.2, -0.15) is 0 Å². The summed E-state index contributed by atoms with van der Waals surface area (Å²) in [6.45, 7) is 11.5. The van der Waals surface area contributed by atoms with Crippen LogP contribution in [-0.2, 0) is 10.2 Å². The summed E-state index contributed by atoms with van der Waals surface area (Å²) in [4.78, 5) is 4.64. The number of nitrogens with zero attached hydrogens (tertiary/aromatic N) is 1. The number of rotatable bonds is 2. The number of ether oxygens (including phenoxy) is 2. The molecule has 0 amide bonds. The Hall–Kier alpha value is -1.61. The zero-order valence-corrected chi connectivity index (χ0v) is 15.7. The quantitative estimate of drug-likeness (QED) is 0.787. The number of pyridine rings is 1. The van der Waals surface area contributed by atoms with Crippen LogP contribution in [0.15, 0.2) is 24.3 Å². The van der Waals surface area contributed by atoms with E-state index in [1.54, 1.807) is 7.11 Å². The van der Waals surface area contributed by atoms with Crippen molar-refractivity contribution in [1.29, 1.82) is 0 Å². The molecular weight excluding hydrogens is 298 g/mol. The van der Waals surface area contributed by atoms with Gasteiger partial charge in [-0.3, -0.25) is 4.98 Å². The lowest BCUT2D eigenvalue weighted by atomic mass is 9.85. The van der Waals surface area contributed by atoms with Gasteiger partial charge in [0, 0.05) is 29.2 Å². The highest BCUT2D eigenvalue weighted by molar-refractivity contribution is 5.86. The highest BCUT2D eigenvalue weighted by atomic mass is 16.5. The van der Waals surface area contributed by atoms with Crippen LogP contribution in [0.25, 0.3) is 10.9 Å². The Labute approximate surface area is 145 Å². The number of methoxy groups -OCH3 is 1. The summed E-state index contributed by atoms with van der Waals surface area (Å²) < 4.78 is 11.4. The first-order chi connectivity index (χ1) is 11.6. The predicted octanol–water partition coefficient (Wildman–Crippen LogP) is 4.89. The molecule has 130 valence electrons. The molecule has 1 aromatic heterocycles. The van der Waals surface area contributed by atoms with E-state index >= 15 is 0 Å². The number of hydrogen-bond donors (Lipinski definition) is 0. The van der Waals surface area contributed by atoms with E-state index in [4.69, 9.17) is 9.47 Å². The van der Waals surface area contributed by atoms with Crippen LogP contribution < -0.4 is 4.74 Å². The molecule has 1 saturated heterocycles. The van der Waals surface area contributed by atoms with Crippen LogP contribution in [-0.4, -0.2) is 24.8 Å². The number of hydrogen-bond acceptors (Lipinski definition) is 3. The molecule has 0 spiro atoms. The highest BCUT2D eigenvalue weighted by Gasteiger charge is 2.66. The minimum atomic E-state index is 0.293. The Kier molecular flexibility index (Phi) is 4.56. The van der Waals surface area contributed by atoms with Gasteiger partial charge in [-0.1, -0.05) is 26.8 Å². The minimum Gasteiger partial charge on any atom is -0.496 e. The molecule has 2 aliphatic rings. The Morgan fingerprint density at radius 1 is 1.21 bits per heavy atom. The minimum absolute atomic E-state index is 0.293. The van der Waals surface area contributed by atoms with Crippen molar-refractivity contribution >= 4 is 10.9 Å². The molecule has 0 radical (unpaired) electrons. The van der Waals surface area contributed by atoms with Crippen LogP contribution in [0.5, 0.6) is 5.75 Å². The summed E-state index contributed by atoms with van der Waals surface area (Å²) in [5, 5.41) is 1.12. The summed E-state index contributed by atoms with van der Waals surface area (Å²) in [6.07, 6.45) is 1.48. The number of aryl methyl sites for hydroxylation is 1. The van der Waals surface area contributed by atoms with Gasteiger partial charge >= 0.3 is 0 Å². The fourth-order valence-electron chi connectivity index (χ4n) is 4.78.